The third kappa shape index (κ3) is 3.45. The van der Waals surface area contributed by atoms with Crippen LogP contribution in [-0.2, 0) is 17.3 Å². The van der Waals surface area contributed by atoms with Gasteiger partial charge in [-0.3, -0.25) is 9.00 Å². The molecule has 0 aliphatic heterocycles. The third-order valence-corrected chi connectivity index (χ3v) is 5.26. The van der Waals surface area contributed by atoms with Crippen molar-refractivity contribution in [2.45, 2.75) is 43.9 Å². The van der Waals surface area contributed by atoms with Crippen molar-refractivity contribution in [3.8, 4) is 0 Å². The maximum Gasteiger partial charge on any atom is 0.250 e. The normalized spacial score (nSPS) is 18.7. The highest BCUT2D eigenvalue weighted by atomic mass is 32.2. The van der Waals surface area contributed by atoms with Crippen LogP contribution in [0.1, 0.15) is 32.1 Å². The Morgan fingerprint density at radius 1 is 1.28 bits per heavy atom. The Bertz CT molecular complexity index is 478. The predicted molar refractivity (Wildman–Crippen MR) is 75.0 cm³/mol. The van der Waals surface area contributed by atoms with Gasteiger partial charge in [0.05, 0.1) is 0 Å². The van der Waals surface area contributed by atoms with Crippen LogP contribution in [0.5, 0.6) is 0 Å². The summed E-state index contributed by atoms with van der Waals surface area (Å²) in [6, 6.07) is 3.05. The molecule has 1 aromatic rings. The SMILES string of the molecule is Nc1ccc(=O)n(CCS(=O)C2CCCCC2)c1. The number of hydrogen-bond acceptors (Lipinski definition) is 3. The Morgan fingerprint density at radius 3 is 2.72 bits per heavy atom. The molecule has 4 nitrogen and oxygen atoms in total. The van der Waals surface area contributed by atoms with Crippen LogP contribution in [-0.4, -0.2) is 19.8 Å². The van der Waals surface area contributed by atoms with Gasteiger partial charge in [-0.1, -0.05) is 19.3 Å². The second-order valence-electron chi connectivity index (χ2n) is 4.84. The molecule has 2 rings (SSSR count). The first-order valence-electron chi connectivity index (χ1n) is 6.50. The van der Waals surface area contributed by atoms with Crippen LogP contribution in [0.25, 0.3) is 0 Å². The molecule has 0 amide bonds. The van der Waals surface area contributed by atoms with Crippen LogP contribution in [0, 0.1) is 0 Å². The van der Waals surface area contributed by atoms with Crippen LogP contribution in [0.15, 0.2) is 23.1 Å². The van der Waals surface area contributed by atoms with Crippen molar-refractivity contribution in [3.63, 3.8) is 0 Å². The van der Waals surface area contributed by atoms with Crippen molar-refractivity contribution >= 4 is 16.5 Å². The van der Waals surface area contributed by atoms with Crippen LogP contribution in [0.4, 0.5) is 5.69 Å². The molecular weight excluding hydrogens is 248 g/mol. The summed E-state index contributed by atoms with van der Waals surface area (Å²) < 4.78 is 13.7. The summed E-state index contributed by atoms with van der Waals surface area (Å²) in [5, 5.41) is 0.329. The van der Waals surface area contributed by atoms with Gasteiger partial charge in [0.2, 0.25) is 0 Å². The molecule has 0 saturated heterocycles. The molecule has 1 aromatic heterocycles. The lowest BCUT2D eigenvalue weighted by Crippen LogP contribution is -2.26. The minimum Gasteiger partial charge on any atom is -0.398 e. The van der Waals surface area contributed by atoms with Gasteiger partial charge in [0.15, 0.2) is 0 Å². The van der Waals surface area contributed by atoms with Crippen molar-refractivity contribution in [2.75, 3.05) is 11.5 Å². The molecule has 0 radical (unpaired) electrons. The van der Waals surface area contributed by atoms with E-state index in [1.165, 1.54) is 25.3 Å². The maximum atomic E-state index is 12.1. The van der Waals surface area contributed by atoms with Crippen molar-refractivity contribution in [1.82, 2.24) is 4.57 Å². The van der Waals surface area contributed by atoms with Gasteiger partial charge in [-0.05, 0) is 18.9 Å². The van der Waals surface area contributed by atoms with Gasteiger partial charge in [0.25, 0.3) is 5.56 Å². The number of hydrogen-bond donors (Lipinski definition) is 1. The van der Waals surface area contributed by atoms with Gasteiger partial charge in [-0.2, -0.15) is 0 Å². The Labute approximate surface area is 110 Å². The van der Waals surface area contributed by atoms with E-state index in [-0.39, 0.29) is 5.56 Å². The van der Waals surface area contributed by atoms with Crippen molar-refractivity contribution < 1.29 is 4.21 Å². The predicted octanol–water partition coefficient (Wildman–Crippen LogP) is 1.51. The second kappa shape index (κ2) is 6.18. The standard InChI is InChI=1S/C13H20N2O2S/c14-11-6-7-13(16)15(10-11)8-9-18(17)12-4-2-1-3-5-12/h6-7,10,12H,1-5,8-9,14H2. The first-order chi connectivity index (χ1) is 8.66. The number of nitrogen functional groups attached to an aromatic ring is 1. The summed E-state index contributed by atoms with van der Waals surface area (Å²) >= 11 is 0. The second-order valence-corrected chi connectivity index (χ2v) is 6.68. The summed E-state index contributed by atoms with van der Waals surface area (Å²) in [5.41, 5.74) is 6.13. The maximum absolute atomic E-state index is 12.1. The zero-order chi connectivity index (χ0) is 13.0. The molecule has 1 aliphatic carbocycles. The van der Waals surface area contributed by atoms with Crippen LogP contribution in [0.2, 0.25) is 0 Å². The average Bonchev–Trinajstić information content (AvgIpc) is 2.40. The van der Waals surface area contributed by atoms with Crippen molar-refractivity contribution in [1.29, 1.82) is 0 Å². The topological polar surface area (TPSA) is 65.1 Å². The average molecular weight is 268 g/mol. The summed E-state index contributed by atoms with van der Waals surface area (Å²) in [4.78, 5) is 11.6. The van der Waals surface area contributed by atoms with E-state index in [1.54, 1.807) is 16.8 Å². The molecule has 0 spiro atoms. The number of nitrogens with zero attached hydrogens (tertiary/aromatic N) is 1. The first kappa shape index (κ1) is 13.3. The molecule has 18 heavy (non-hydrogen) atoms. The van der Waals surface area contributed by atoms with E-state index in [0.29, 0.717) is 23.2 Å². The van der Waals surface area contributed by atoms with E-state index in [9.17, 15) is 9.00 Å². The quantitative estimate of drug-likeness (QED) is 0.900. The van der Waals surface area contributed by atoms with Gasteiger partial charge in [0, 0.05) is 46.3 Å². The molecule has 100 valence electrons. The van der Waals surface area contributed by atoms with E-state index < -0.39 is 10.8 Å². The molecule has 5 heteroatoms. The molecule has 0 aromatic carbocycles. The zero-order valence-electron chi connectivity index (χ0n) is 10.5. The lowest BCUT2D eigenvalue weighted by atomic mass is 10.0. The molecule has 1 heterocycles. The van der Waals surface area contributed by atoms with Gasteiger partial charge in [-0.15, -0.1) is 0 Å². The van der Waals surface area contributed by atoms with E-state index in [1.807, 2.05) is 0 Å². The lowest BCUT2D eigenvalue weighted by molar-refractivity contribution is 0.503. The van der Waals surface area contributed by atoms with E-state index in [0.717, 1.165) is 12.8 Å². The Balaban J connectivity index is 1.92. The number of pyridine rings is 1. The van der Waals surface area contributed by atoms with Crippen LogP contribution in [0.3, 0.4) is 0 Å². The summed E-state index contributed by atoms with van der Waals surface area (Å²) in [6.45, 7) is 0.493. The lowest BCUT2D eigenvalue weighted by Gasteiger charge is -2.21. The highest BCUT2D eigenvalue weighted by Gasteiger charge is 2.19. The molecule has 1 saturated carbocycles. The number of anilines is 1. The largest absolute Gasteiger partial charge is 0.398 e. The molecule has 1 aliphatic rings. The fourth-order valence-electron chi connectivity index (χ4n) is 2.41. The number of nitrogens with two attached hydrogens (primary N) is 1. The molecule has 0 bridgehead atoms. The highest BCUT2D eigenvalue weighted by molar-refractivity contribution is 7.85. The van der Waals surface area contributed by atoms with Gasteiger partial charge in [-0.25, -0.2) is 0 Å². The number of aromatic nitrogens is 1. The minimum absolute atomic E-state index is 0.0788. The molecule has 2 N–H and O–H groups in total. The minimum atomic E-state index is -0.822. The first-order valence-corrected chi connectivity index (χ1v) is 7.88. The fraction of sp³-hybridized carbons (Fsp3) is 0.615. The summed E-state index contributed by atoms with van der Waals surface area (Å²) in [6.07, 6.45) is 7.41. The number of rotatable bonds is 4. The van der Waals surface area contributed by atoms with Crippen molar-refractivity contribution in [3.05, 3.63) is 28.7 Å². The Morgan fingerprint density at radius 2 is 2.00 bits per heavy atom. The number of aryl methyl sites for hydroxylation is 1. The molecule has 1 fully saturated rings. The molecular formula is C13H20N2O2S. The van der Waals surface area contributed by atoms with E-state index in [4.69, 9.17) is 5.73 Å². The van der Waals surface area contributed by atoms with Crippen LogP contribution >= 0.6 is 0 Å². The van der Waals surface area contributed by atoms with Gasteiger partial charge < -0.3 is 10.3 Å². The zero-order valence-corrected chi connectivity index (χ0v) is 11.3. The van der Waals surface area contributed by atoms with E-state index in [2.05, 4.69) is 0 Å². The molecule has 1 unspecified atom stereocenters. The Kier molecular flexibility index (Phi) is 4.58. The summed E-state index contributed by atoms with van der Waals surface area (Å²) in [7, 11) is -0.822. The molecule has 1 atom stereocenters. The Hall–Kier alpha value is -1.10. The fourth-order valence-corrected chi connectivity index (χ4v) is 3.98. The smallest absolute Gasteiger partial charge is 0.250 e. The summed E-state index contributed by atoms with van der Waals surface area (Å²) in [5.74, 6) is 0.550. The van der Waals surface area contributed by atoms with Crippen LogP contribution < -0.4 is 11.3 Å². The van der Waals surface area contributed by atoms with Gasteiger partial charge in [0.1, 0.15) is 0 Å². The monoisotopic (exact) mass is 268 g/mol. The van der Waals surface area contributed by atoms with Gasteiger partial charge >= 0.3 is 0 Å². The van der Waals surface area contributed by atoms with Crippen molar-refractivity contribution in [2.24, 2.45) is 0 Å². The highest BCUT2D eigenvalue weighted by Crippen LogP contribution is 2.22. The van der Waals surface area contributed by atoms with E-state index >= 15 is 0 Å². The third-order valence-electron chi connectivity index (χ3n) is 3.46.